The molecule has 4 atom stereocenters. The van der Waals surface area contributed by atoms with Gasteiger partial charge in [-0.25, -0.2) is 4.79 Å². The number of likely N-dealkylation sites (tertiary alicyclic amines) is 1. The number of urea groups is 1. The molecule has 23 heavy (non-hydrogen) atoms. The van der Waals surface area contributed by atoms with Crippen molar-refractivity contribution >= 4 is 6.03 Å². The molecule has 3 fully saturated rings. The normalized spacial score (nSPS) is 34.7. The number of carbonyl (C=O) groups excluding carboxylic acids is 1. The first-order chi connectivity index (χ1) is 11.0. The number of hydrogen-bond acceptors (Lipinski definition) is 3. The first kappa shape index (κ1) is 17.0. The highest BCUT2D eigenvalue weighted by molar-refractivity contribution is 5.74. The summed E-state index contributed by atoms with van der Waals surface area (Å²) in [5.41, 5.74) is 0. The first-order valence-electron chi connectivity index (χ1n) is 9.48. The fourth-order valence-corrected chi connectivity index (χ4v) is 4.28. The van der Waals surface area contributed by atoms with E-state index in [9.17, 15) is 4.79 Å². The summed E-state index contributed by atoms with van der Waals surface area (Å²) in [7, 11) is 0. The second-order valence-corrected chi connectivity index (χ2v) is 7.88. The van der Waals surface area contributed by atoms with Gasteiger partial charge in [-0.15, -0.1) is 0 Å². The average molecular weight is 323 g/mol. The molecular formula is C18H33N3O2. The van der Waals surface area contributed by atoms with Crippen LogP contribution in [0.25, 0.3) is 0 Å². The second kappa shape index (κ2) is 7.39. The van der Waals surface area contributed by atoms with Gasteiger partial charge in [0.1, 0.15) is 0 Å². The second-order valence-electron chi connectivity index (χ2n) is 7.88. The molecule has 0 aromatic rings. The number of amides is 2. The minimum Gasteiger partial charge on any atom is -0.372 e. The third-order valence-corrected chi connectivity index (χ3v) is 5.85. The molecule has 5 heteroatoms. The molecule has 1 aliphatic carbocycles. The third kappa shape index (κ3) is 4.18. The summed E-state index contributed by atoms with van der Waals surface area (Å²) in [6, 6.07) is 1.15. The minimum atomic E-state index is 0.0836. The molecule has 1 saturated carbocycles. The third-order valence-electron chi connectivity index (χ3n) is 5.85. The number of nitrogens with one attached hydrogen (secondary N) is 1. The van der Waals surface area contributed by atoms with Crippen molar-refractivity contribution in [1.82, 2.24) is 15.1 Å². The fraction of sp³-hybridized carbons (Fsp3) is 0.944. The van der Waals surface area contributed by atoms with Crippen LogP contribution in [0.2, 0.25) is 0 Å². The number of carbonyl (C=O) groups is 1. The Balaban J connectivity index is 1.49. The Bertz CT molecular complexity index is 403. The monoisotopic (exact) mass is 323 g/mol. The van der Waals surface area contributed by atoms with Gasteiger partial charge in [-0.2, -0.15) is 0 Å². The Hall–Kier alpha value is -0.810. The Kier molecular flexibility index (Phi) is 5.47. The molecule has 2 amide bonds. The summed E-state index contributed by atoms with van der Waals surface area (Å²) in [6.07, 6.45) is 6.90. The lowest BCUT2D eigenvalue weighted by atomic mass is 9.85. The Labute approximate surface area is 140 Å². The number of ether oxygens (including phenoxy) is 1. The van der Waals surface area contributed by atoms with Crippen LogP contribution in [-0.2, 0) is 4.74 Å². The molecule has 0 aromatic carbocycles. The predicted octanol–water partition coefficient (Wildman–Crippen LogP) is 2.46. The van der Waals surface area contributed by atoms with Crippen molar-refractivity contribution in [3.05, 3.63) is 0 Å². The lowest BCUT2D eigenvalue weighted by Crippen LogP contribution is -2.56. The topological polar surface area (TPSA) is 44.8 Å². The summed E-state index contributed by atoms with van der Waals surface area (Å²) in [5, 5.41) is 3.26. The zero-order chi connectivity index (χ0) is 16.4. The number of rotatable bonds is 3. The van der Waals surface area contributed by atoms with Crippen molar-refractivity contribution in [2.75, 3.05) is 26.2 Å². The molecule has 132 valence electrons. The van der Waals surface area contributed by atoms with E-state index in [1.165, 1.54) is 38.6 Å². The highest BCUT2D eigenvalue weighted by atomic mass is 16.5. The maximum Gasteiger partial charge on any atom is 0.317 e. The molecule has 5 nitrogen and oxygen atoms in total. The van der Waals surface area contributed by atoms with Crippen molar-refractivity contribution in [2.45, 2.75) is 77.2 Å². The van der Waals surface area contributed by atoms with Gasteiger partial charge >= 0.3 is 6.03 Å². The quantitative estimate of drug-likeness (QED) is 0.868. The zero-order valence-corrected chi connectivity index (χ0v) is 15.0. The average Bonchev–Trinajstić information content (AvgIpc) is 2.44. The van der Waals surface area contributed by atoms with Crippen LogP contribution in [0.5, 0.6) is 0 Å². The highest BCUT2D eigenvalue weighted by Gasteiger charge is 2.33. The summed E-state index contributed by atoms with van der Waals surface area (Å²) in [5.74, 6) is 0.587. The molecule has 2 heterocycles. The molecule has 0 bridgehead atoms. The van der Waals surface area contributed by atoms with Crippen LogP contribution in [0.3, 0.4) is 0 Å². The number of piperidine rings is 1. The summed E-state index contributed by atoms with van der Waals surface area (Å²) < 4.78 is 5.72. The summed E-state index contributed by atoms with van der Waals surface area (Å²) >= 11 is 0. The van der Waals surface area contributed by atoms with Crippen LogP contribution in [-0.4, -0.2) is 66.3 Å². The van der Waals surface area contributed by atoms with Crippen LogP contribution < -0.4 is 5.32 Å². The van der Waals surface area contributed by atoms with E-state index in [1.807, 2.05) is 18.7 Å². The molecule has 0 unspecified atom stereocenters. The standard InChI is InChI=1S/C18H33N3O2/c1-13-10-21(11-14(2)23-13)18(22)19-15(3)16-6-5-9-20(12-16)17-7-4-8-17/h13-17H,4-12H2,1-3H3,(H,19,22)/t13-,14+,15-,16+/m1/s1. The van der Waals surface area contributed by atoms with E-state index in [2.05, 4.69) is 17.1 Å². The lowest BCUT2D eigenvalue weighted by Gasteiger charge is -2.44. The van der Waals surface area contributed by atoms with Crippen molar-refractivity contribution in [1.29, 1.82) is 0 Å². The zero-order valence-electron chi connectivity index (χ0n) is 15.0. The molecule has 3 rings (SSSR count). The molecule has 0 radical (unpaired) electrons. The molecule has 3 aliphatic rings. The van der Waals surface area contributed by atoms with Gasteiger partial charge in [-0.1, -0.05) is 6.42 Å². The van der Waals surface area contributed by atoms with E-state index >= 15 is 0 Å². The largest absolute Gasteiger partial charge is 0.372 e. The maximum absolute atomic E-state index is 12.6. The van der Waals surface area contributed by atoms with E-state index < -0.39 is 0 Å². The van der Waals surface area contributed by atoms with Gasteiger partial charge in [0, 0.05) is 31.7 Å². The Morgan fingerprint density at radius 1 is 1.09 bits per heavy atom. The molecule has 0 aromatic heterocycles. The Morgan fingerprint density at radius 3 is 2.39 bits per heavy atom. The summed E-state index contributed by atoms with van der Waals surface area (Å²) in [6.45, 7) is 10.1. The van der Waals surface area contributed by atoms with Crippen molar-refractivity contribution < 1.29 is 9.53 Å². The number of nitrogens with zero attached hydrogens (tertiary/aromatic N) is 2. The maximum atomic E-state index is 12.6. The minimum absolute atomic E-state index is 0.0836. The SMILES string of the molecule is C[C@@H]1CN(C(=O)N[C@H](C)[C@H]2CCCN(C3CCC3)C2)C[C@H](C)O1. The summed E-state index contributed by atoms with van der Waals surface area (Å²) in [4.78, 5) is 17.2. The fourth-order valence-electron chi connectivity index (χ4n) is 4.28. The van der Waals surface area contributed by atoms with E-state index in [0.717, 1.165) is 12.6 Å². The van der Waals surface area contributed by atoms with Gasteiger partial charge in [0.25, 0.3) is 0 Å². The van der Waals surface area contributed by atoms with Crippen LogP contribution in [0.4, 0.5) is 4.79 Å². The van der Waals surface area contributed by atoms with Gasteiger partial charge in [-0.05, 0) is 58.9 Å². The van der Waals surface area contributed by atoms with Crippen LogP contribution in [0, 0.1) is 5.92 Å². The predicted molar refractivity (Wildman–Crippen MR) is 91.5 cm³/mol. The van der Waals surface area contributed by atoms with E-state index in [4.69, 9.17) is 4.74 Å². The van der Waals surface area contributed by atoms with Crippen LogP contribution >= 0.6 is 0 Å². The molecule has 2 aliphatic heterocycles. The van der Waals surface area contributed by atoms with Crippen LogP contribution in [0.1, 0.15) is 52.9 Å². The molecule has 0 spiro atoms. The number of hydrogen-bond donors (Lipinski definition) is 1. The molecular weight excluding hydrogens is 290 g/mol. The van der Waals surface area contributed by atoms with Crippen LogP contribution in [0.15, 0.2) is 0 Å². The van der Waals surface area contributed by atoms with Gasteiger partial charge in [-0.3, -0.25) is 0 Å². The van der Waals surface area contributed by atoms with Crippen molar-refractivity contribution in [3.8, 4) is 0 Å². The van der Waals surface area contributed by atoms with Gasteiger partial charge in [0.15, 0.2) is 0 Å². The van der Waals surface area contributed by atoms with Crippen molar-refractivity contribution in [3.63, 3.8) is 0 Å². The van der Waals surface area contributed by atoms with E-state index in [1.54, 1.807) is 0 Å². The van der Waals surface area contributed by atoms with Gasteiger partial charge in [0.05, 0.1) is 12.2 Å². The molecule has 1 N–H and O–H groups in total. The van der Waals surface area contributed by atoms with Gasteiger partial charge in [0.2, 0.25) is 0 Å². The lowest BCUT2D eigenvalue weighted by molar-refractivity contribution is -0.0550. The van der Waals surface area contributed by atoms with Crippen molar-refractivity contribution in [2.24, 2.45) is 5.92 Å². The van der Waals surface area contributed by atoms with E-state index in [-0.39, 0.29) is 24.3 Å². The first-order valence-corrected chi connectivity index (χ1v) is 9.48. The van der Waals surface area contributed by atoms with E-state index in [0.29, 0.717) is 19.0 Å². The Morgan fingerprint density at radius 2 is 1.78 bits per heavy atom. The molecule has 2 saturated heterocycles. The number of morpholine rings is 1. The van der Waals surface area contributed by atoms with Gasteiger partial charge < -0.3 is 19.9 Å². The highest BCUT2D eigenvalue weighted by Crippen LogP contribution is 2.30. The smallest absolute Gasteiger partial charge is 0.317 e.